The Bertz CT molecular complexity index is 407. The van der Waals surface area contributed by atoms with Crippen LogP contribution in [0.15, 0.2) is 4.99 Å². The molecule has 0 aromatic rings. The van der Waals surface area contributed by atoms with Crippen LogP contribution in [0.4, 0.5) is 0 Å². The van der Waals surface area contributed by atoms with Gasteiger partial charge < -0.3 is 25.0 Å². The molecule has 2 saturated heterocycles. The van der Waals surface area contributed by atoms with E-state index in [1.807, 2.05) is 7.05 Å². The first-order chi connectivity index (χ1) is 13.2. The molecule has 2 N–H and O–H groups in total. The van der Waals surface area contributed by atoms with Crippen LogP contribution in [-0.2, 0) is 9.47 Å². The Morgan fingerprint density at radius 3 is 2.59 bits per heavy atom. The molecule has 1 atom stereocenters. The van der Waals surface area contributed by atoms with E-state index in [1.165, 1.54) is 13.1 Å². The highest BCUT2D eigenvalue weighted by atomic mass is 16.5. The molecular weight excluding hydrogens is 342 g/mol. The molecule has 2 rings (SSSR count). The maximum Gasteiger partial charge on any atom is 0.191 e. The number of guanidine groups is 1. The van der Waals surface area contributed by atoms with Crippen LogP contribution in [0.2, 0.25) is 0 Å². The van der Waals surface area contributed by atoms with E-state index in [0.717, 1.165) is 84.4 Å². The van der Waals surface area contributed by atoms with Crippen LogP contribution in [0.5, 0.6) is 0 Å². The Kier molecular flexibility index (Phi) is 11.0. The first-order valence-corrected chi connectivity index (χ1v) is 10.8. The normalized spacial score (nSPS) is 22.0. The molecule has 0 aromatic carbocycles. The fraction of sp³-hybridized carbons (Fsp3) is 0.950. The second kappa shape index (κ2) is 13.3. The molecule has 0 aliphatic carbocycles. The van der Waals surface area contributed by atoms with Gasteiger partial charge in [-0.3, -0.25) is 9.89 Å². The van der Waals surface area contributed by atoms with E-state index in [-0.39, 0.29) is 0 Å². The lowest BCUT2D eigenvalue weighted by molar-refractivity contribution is 0.0203. The van der Waals surface area contributed by atoms with Gasteiger partial charge in [0.05, 0.1) is 0 Å². The van der Waals surface area contributed by atoms with Crippen molar-refractivity contribution in [3.8, 4) is 0 Å². The zero-order chi connectivity index (χ0) is 19.3. The zero-order valence-electron chi connectivity index (χ0n) is 17.7. The molecule has 7 nitrogen and oxygen atoms in total. The molecule has 0 spiro atoms. The number of nitrogens with zero attached hydrogens (tertiary/aromatic N) is 3. The van der Waals surface area contributed by atoms with Gasteiger partial charge in [-0.05, 0) is 38.6 Å². The minimum absolute atomic E-state index is 0.519. The summed E-state index contributed by atoms with van der Waals surface area (Å²) in [7, 11) is 1.83. The number of rotatable bonds is 10. The standard InChI is InChI=1S/C20H41N5O2/c1-4-24-9-11-25(12-10-24)18(2)16-23-20(21-3)22-8-5-13-27-17-19-6-14-26-15-7-19/h18-19H,4-17H2,1-3H3,(H2,21,22,23). The molecule has 0 bridgehead atoms. The van der Waals surface area contributed by atoms with Crippen molar-refractivity contribution in [3.63, 3.8) is 0 Å². The molecule has 7 heteroatoms. The average molecular weight is 384 g/mol. The van der Waals surface area contributed by atoms with E-state index in [4.69, 9.17) is 9.47 Å². The lowest BCUT2D eigenvalue weighted by atomic mass is 10.0. The van der Waals surface area contributed by atoms with Gasteiger partial charge in [0.2, 0.25) is 0 Å². The maximum atomic E-state index is 5.82. The fourth-order valence-electron chi connectivity index (χ4n) is 3.66. The average Bonchev–Trinajstić information content (AvgIpc) is 2.73. The van der Waals surface area contributed by atoms with Gasteiger partial charge in [0.15, 0.2) is 5.96 Å². The Balaban J connectivity index is 1.50. The Morgan fingerprint density at radius 2 is 1.93 bits per heavy atom. The van der Waals surface area contributed by atoms with Gasteiger partial charge in [-0.1, -0.05) is 6.92 Å². The summed E-state index contributed by atoms with van der Waals surface area (Å²) in [5.74, 6) is 1.57. The number of hydrogen-bond donors (Lipinski definition) is 2. The summed E-state index contributed by atoms with van der Waals surface area (Å²) in [5, 5.41) is 6.86. The lowest BCUT2D eigenvalue weighted by Crippen LogP contribution is -2.53. The highest BCUT2D eigenvalue weighted by molar-refractivity contribution is 5.79. The van der Waals surface area contributed by atoms with Gasteiger partial charge in [0.25, 0.3) is 0 Å². The van der Waals surface area contributed by atoms with Gasteiger partial charge in [0.1, 0.15) is 0 Å². The van der Waals surface area contributed by atoms with E-state index < -0.39 is 0 Å². The van der Waals surface area contributed by atoms with Crippen molar-refractivity contribution >= 4 is 5.96 Å². The highest BCUT2D eigenvalue weighted by Crippen LogP contribution is 2.14. The van der Waals surface area contributed by atoms with Crippen LogP contribution in [-0.4, -0.2) is 101 Å². The second-order valence-electron chi connectivity index (χ2n) is 7.68. The second-order valence-corrected chi connectivity index (χ2v) is 7.68. The van der Waals surface area contributed by atoms with Gasteiger partial charge in [-0.15, -0.1) is 0 Å². The van der Waals surface area contributed by atoms with Crippen molar-refractivity contribution in [1.29, 1.82) is 0 Å². The Hall–Kier alpha value is -0.890. The molecule has 2 aliphatic rings. The Labute approximate surface area is 165 Å². The molecule has 0 aromatic heterocycles. The first kappa shape index (κ1) is 22.4. The largest absolute Gasteiger partial charge is 0.381 e. The third-order valence-corrected chi connectivity index (χ3v) is 5.72. The van der Waals surface area contributed by atoms with Crippen LogP contribution in [0, 0.1) is 5.92 Å². The van der Waals surface area contributed by atoms with Crippen LogP contribution in [0.1, 0.15) is 33.1 Å². The van der Waals surface area contributed by atoms with E-state index in [0.29, 0.717) is 12.0 Å². The summed E-state index contributed by atoms with van der Waals surface area (Å²) in [6.07, 6.45) is 3.28. The highest BCUT2D eigenvalue weighted by Gasteiger charge is 2.20. The van der Waals surface area contributed by atoms with E-state index >= 15 is 0 Å². The third-order valence-electron chi connectivity index (χ3n) is 5.72. The first-order valence-electron chi connectivity index (χ1n) is 10.8. The molecule has 1 unspecified atom stereocenters. The van der Waals surface area contributed by atoms with Crippen molar-refractivity contribution < 1.29 is 9.47 Å². The predicted octanol–water partition coefficient (Wildman–Crippen LogP) is 1.01. The number of ether oxygens (including phenoxy) is 2. The molecule has 2 heterocycles. The topological polar surface area (TPSA) is 61.4 Å². The number of nitrogens with one attached hydrogen (secondary N) is 2. The van der Waals surface area contributed by atoms with Crippen LogP contribution in [0.3, 0.4) is 0 Å². The number of piperazine rings is 1. The summed E-state index contributed by atoms with van der Waals surface area (Å²) in [5.41, 5.74) is 0. The van der Waals surface area contributed by atoms with Crippen molar-refractivity contribution in [2.24, 2.45) is 10.9 Å². The SMILES string of the molecule is CCN1CCN(C(C)CNC(=NC)NCCCOCC2CCOCC2)CC1. The smallest absolute Gasteiger partial charge is 0.191 e. The van der Waals surface area contributed by atoms with Crippen molar-refractivity contribution in [1.82, 2.24) is 20.4 Å². The molecule has 158 valence electrons. The molecule has 2 aliphatic heterocycles. The summed E-state index contributed by atoms with van der Waals surface area (Å²) in [4.78, 5) is 9.42. The fourth-order valence-corrected chi connectivity index (χ4v) is 3.66. The summed E-state index contributed by atoms with van der Waals surface area (Å²) >= 11 is 0. The van der Waals surface area contributed by atoms with Crippen molar-refractivity contribution in [3.05, 3.63) is 0 Å². The lowest BCUT2D eigenvalue weighted by Gasteiger charge is -2.37. The predicted molar refractivity (Wildman–Crippen MR) is 111 cm³/mol. The van der Waals surface area contributed by atoms with Crippen molar-refractivity contribution in [2.75, 3.05) is 79.3 Å². The van der Waals surface area contributed by atoms with E-state index in [1.54, 1.807) is 0 Å². The van der Waals surface area contributed by atoms with Crippen LogP contribution < -0.4 is 10.6 Å². The van der Waals surface area contributed by atoms with E-state index in [2.05, 4.69) is 39.3 Å². The summed E-state index contributed by atoms with van der Waals surface area (Å²) in [6, 6.07) is 0.519. The van der Waals surface area contributed by atoms with Crippen LogP contribution in [0.25, 0.3) is 0 Å². The molecule has 0 amide bonds. The van der Waals surface area contributed by atoms with Gasteiger partial charge in [-0.25, -0.2) is 0 Å². The quantitative estimate of drug-likeness (QED) is 0.334. The number of hydrogen-bond acceptors (Lipinski definition) is 5. The summed E-state index contributed by atoms with van der Waals surface area (Å²) in [6.45, 7) is 15.7. The third kappa shape index (κ3) is 8.77. The maximum absolute atomic E-state index is 5.82. The van der Waals surface area contributed by atoms with Gasteiger partial charge >= 0.3 is 0 Å². The van der Waals surface area contributed by atoms with Crippen molar-refractivity contribution in [2.45, 2.75) is 39.2 Å². The van der Waals surface area contributed by atoms with E-state index in [9.17, 15) is 0 Å². The number of aliphatic imine (C=N–C) groups is 1. The molecule has 2 fully saturated rings. The molecule has 0 saturated carbocycles. The zero-order valence-corrected chi connectivity index (χ0v) is 17.7. The molecule has 27 heavy (non-hydrogen) atoms. The summed E-state index contributed by atoms with van der Waals surface area (Å²) < 4.78 is 11.2. The Morgan fingerprint density at radius 1 is 1.19 bits per heavy atom. The van der Waals surface area contributed by atoms with Crippen LogP contribution >= 0.6 is 0 Å². The minimum atomic E-state index is 0.519. The minimum Gasteiger partial charge on any atom is -0.381 e. The molecular formula is C20H41N5O2. The van der Waals surface area contributed by atoms with Gasteiger partial charge in [0, 0.05) is 78.8 Å². The molecule has 0 radical (unpaired) electrons. The van der Waals surface area contributed by atoms with Gasteiger partial charge in [-0.2, -0.15) is 0 Å². The monoisotopic (exact) mass is 383 g/mol. The number of likely N-dealkylation sites (N-methyl/N-ethyl adjacent to an activating group) is 1.